The van der Waals surface area contributed by atoms with Crippen LogP contribution in [0.4, 0.5) is 4.39 Å². The molecule has 3 unspecified atom stereocenters. The number of benzene rings is 1. The zero-order valence-corrected chi connectivity index (χ0v) is 13.9. The molecule has 1 aliphatic rings. The van der Waals surface area contributed by atoms with Crippen molar-refractivity contribution in [1.82, 2.24) is 5.32 Å². The molecule has 118 valence electrons. The summed E-state index contributed by atoms with van der Waals surface area (Å²) >= 11 is 6.02. The maximum absolute atomic E-state index is 14.0. The predicted molar refractivity (Wildman–Crippen MR) is 88.3 cm³/mol. The SMILES string of the molecule is CCCNC(Cc1cc(Cl)ccc1F)C1CCC(CC)C1. The Morgan fingerprint density at radius 2 is 2.14 bits per heavy atom. The summed E-state index contributed by atoms with van der Waals surface area (Å²) in [6.45, 7) is 5.45. The van der Waals surface area contributed by atoms with E-state index in [4.69, 9.17) is 11.6 Å². The fourth-order valence-electron chi connectivity index (χ4n) is 3.52. The Morgan fingerprint density at radius 1 is 1.33 bits per heavy atom. The van der Waals surface area contributed by atoms with Crippen molar-refractivity contribution in [3.05, 3.63) is 34.6 Å². The highest BCUT2D eigenvalue weighted by Crippen LogP contribution is 2.36. The van der Waals surface area contributed by atoms with E-state index in [9.17, 15) is 4.39 Å². The summed E-state index contributed by atoms with van der Waals surface area (Å²) in [4.78, 5) is 0. The molecule has 1 fully saturated rings. The molecule has 0 radical (unpaired) electrons. The van der Waals surface area contributed by atoms with Gasteiger partial charge in [-0.05, 0) is 67.8 Å². The first kappa shape index (κ1) is 16.8. The fourth-order valence-corrected chi connectivity index (χ4v) is 3.72. The standard InChI is InChI=1S/C18H27ClFN/c1-3-9-21-18(14-6-5-13(4-2)10-14)12-15-11-16(19)7-8-17(15)20/h7-8,11,13-14,18,21H,3-6,9-10,12H2,1-2H3. The molecule has 0 amide bonds. The van der Waals surface area contributed by atoms with Crippen molar-refractivity contribution in [2.24, 2.45) is 11.8 Å². The van der Waals surface area contributed by atoms with Crippen molar-refractivity contribution in [2.45, 2.75) is 58.4 Å². The lowest BCUT2D eigenvalue weighted by atomic mass is 9.90. The highest BCUT2D eigenvalue weighted by molar-refractivity contribution is 6.30. The van der Waals surface area contributed by atoms with E-state index >= 15 is 0 Å². The minimum atomic E-state index is -0.132. The summed E-state index contributed by atoms with van der Waals surface area (Å²) in [5.41, 5.74) is 0.746. The Balaban J connectivity index is 2.07. The molecular formula is C18H27ClFN. The first-order valence-electron chi connectivity index (χ1n) is 8.31. The van der Waals surface area contributed by atoms with Crippen molar-refractivity contribution < 1.29 is 4.39 Å². The second kappa shape index (κ2) is 8.14. The van der Waals surface area contributed by atoms with Crippen molar-refractivity contribution in [3.8, 4) is 0 Å². The molecule has 1 N–H and O–H groups in total. The van der Waals surface area contributed by atoms with Gasteiger partial charge in [-0.1, -0.05) is 38.3 Å². The first-order chi connectivity index (χ1) is 10.1. The van der Waals surface area contributed by atoms with Crippen LogP contribution in [0.25, 0.3) is 0 Å². The van der Waals surface area contributed by atoms with Crippen molar-refractivity contribution >= 4 is 11.6 Å². The summed E-state index contributed by atoms with van der Waals surface area (Å²) in [5.74, 6) is 1.39. The third-order valence-corrected chi connectivity index (χ3v) is 5.07. The molecule has 1 aliphatic carbocycles. The van der Waals surface area contributed by atoms with Crippen LogP contribution in [0.1, 0.15) is 51.5 Å². The Labute approximate surface area is 133 Å². The minimum absolute atomic E-state index is 0.132. The van der Waals surface area contributed by atoms with Crippen LogP contribution >= 0.6 is 11.6 Å². The smallest absolute Gasteiger partial charge is 0.126 e. The number of hydrogen-bond donors (Lipinski definition) is 1. The van der Waals surface area contributed by atoms with E-state index in [1.807, 2.05) is 0 Å². The molecule has 1 aromatic carbocycles. The molecule has 21 heavy (non-hydrogen) atoms. The Hall–Kier alpha value is -0.600. The van der Waals surface area contributed by atoms with E-state index in [0.717, 1.165) is 30.9 Å². The first-order valence-corrected chi connectivity index (χ1v) is 8.69. The Morgan fingerprint density at radius 3 is 2.81 bits per heavy atom. The van der Waals surface area contributed by atoms with Gasteiger partial charge in [0.1, 0.15) is 5.82 Å². The average molecular weight is 312 g/mol. The van der Waals surface area contributed by atoms with Crippen LogP contribution in [0, 0.1) is 17.7 Å². The van der Waals surface area contributed by atoms with Gasteiger partial charge in [0.2, 0.25) is 0 Å². The maximum atomic E-state index is 14.0. The summed E-state index contributed by atoms with van der Waals surface area (Å²) < 4.78 is 14.0. The van der Waals surface area contributed by atoms with Gasteiger partial charge in [0.05, 0.1) is 0 Å². The monoisotopic (exact) mass is 311 g/mol. The molecule has 1 nitrogen and oxygen atoms in total. The van der Waals surface area contributed by atoms with E-state index < -0.39 is 0 Å². The second-order valence-electron chi connectivity index (χ2n) is 6.35. The van der Waals surface area contributed by atoms with E-state index in [1.165, 1.54) is 31.7 Å². The van der Waals surface area contributed by atoms with Gasteiger partial charge >= 0.3 is 0 Å². The summed E-state index contributed by atoms with van der Waals surface area (Å²) in [5, 5.41) is 4.27. The molecule has 3 atom stereocenters. The summed E-state index contributed by atoms with van der Waals surface area (Å²) in [6.07, 6.45) is 6.99. The van der Waals surface area contributed by atoms with E-state index in [2.05, 4.69) is 19.2 Å². The van der Waals surface area contributed by atoms with Crippen LogP contribution in [0.15, 0.2) is 18.2 Å². The molecule has 1 aromatic rings. The third-order valence-electron chi connectivity index (χ3n) is 4.83. The Bertz CT molecular complexity index is 449. The van der Waals surface area contributed by atoms with Gasteiger partial charge in [0, 0.05) is 11.1 Å². The highest BCUT2D eigenvalue weighted by Gasteiger charge is 2.30. The largest absolute Gasteiger partial charge is 0.313 e. The third kappa shape index (κ3) is 4.69. The van der Waals surface area contributed by atoms with Crippen molar-refractivity contribution in [1.29, 1.82) is 0 Å². The molecule has 0 spiro atoms. The van der Waals surface area contributed by atoms with E-state index in [1.54, 1.807) is 12.1 Å². The average Bonchev–Trinajstić information content (AvgIpc) is 2.95. The molecule has 0 saturated heterocycles. The summed E-state index contributed by atoms with van der Waals surface area (Å²) in [7, 11) is 0. The lowest BCUT2D eigenvalue weighted by Gasteiger charge is -2.25. The van der Waals surface area contributed by atoms with Crippen LogP contribution in [0.2, 0.25) is 5.02 Å². The van der Waals surface area contributed by atoms with Crippen LogP contribution in [-0.4, -0.2) is 12.6 Å². The van der Waals surface area contributed by atoms with Gasteiger partial charge in [-0.2, -0.15) is 0 Å². The lowest BCUT2D eigenvalue weighted by molar-refractivity contribution is 0.341. The summed E-state index contributed by atoms with van der Waals surface area (Å²) in [6, 6.07) is 5.26. The normalized spacial score (nSPS) is 23.4. The van der Waals surface area contributed by atoms with E-state index in [0.29, 0.717) is 17.0 Å². The number of nitrogens with one attached hydrogen (secondary N) is 1. The minimum Gasteiger partial charge on any atom is -0.313 e. The van der Waals surface area contributed by atoms with Gasteiger partial charge < -0.3 is 5.32 Å². The molecule has 0 aliphatic heterocycles. The van der Waals surface area contributed by atoms with Gasteiger partial charge in [-0.15, -0.1) is 0 Å². The zero-order chi connectivity index (χ0) is 15.2. The molecule has 0 aromatic heterocycles. The van der Waals surface area contributed by atoms with Crippen LogP contribution < -0.4 is 5.32 Å². The molecule has 0 heterocycles. The second-order valence-corrected chi connectivity index (χ2v) is 6.78. The van der Waals surface area contributed by atoms with Gasteiger partial charge in [-0.25, -0.2) is 4.39 Å². The van der Waals surface area contributed by atoms with Crippen LogP contribution in [0.5, 0.6) is 0 Å². The molecule has 3 heteroatoms. The van der Waals surface area contributed by atoms with Gasteiger partial charge in [0.15, 0.2) is 0 Å². The number of halogens is 2. The molecule has 1 saturated carbocycles. The van der Waals surface area contributed by atoms with E-state index in [-0.39, 0.29) is 5.82 Å². The number of rotatable bonds is 7. The van der Waals surface area contributed by atoms with Crippen molar-refractivity contribution in [3.63, 3.8) is 0 Å². The van der Waals surface area contributed by atoms with Crippen LogP contribution in [0.3, 0.4) is 0 Å². The maximum Gasteiger partial charge on any atom is 0.126 e. The Kier molecular flexibility index (Phi) is 6.50. The topological polar surface area (TPSA) is 12.0 Å². The quantitative estimate of drug-likeness (QED) is 0.728. The molecule has 2 rings (SSSR count). The van der Waals surface area contributed by atoms with Gasteiger partial charge in [0.25, 0.3) is 0 Å². The van der Waals surface area contributed by atoms with Crippen molar-refractivity contribution in [2.75, 3.05) is 6.54 Å². The molecular weight excluding hydrogens is 285 g/mol. The lowest BCUT2D eigenvalue weighted by Crippen LogP contribution is -2.38. The van der Waals surface area contributed by atoms with Gasteiger partial charge in [-0.3, -0.25) is 0 Å². The fraction of sp³-hybridized carbons (Fsp3) is 0.667. The predicted octanol–water partition coefficient (Wildman–Crippen LogP) is 5.22. The number of hydrogen-bond acceptors (Lipinski definition) is 1. The highest BCUT2D eigenvalue weighted by atomic mass is 35.5. The molecule has 0 bridgehead atoms. The van der Waals surface area contributed by atoms with Crippen LogP contribution in [-0.2, 0) is 6.42 Å². The zero-order valence-electron chi connectivity index (χ0n) is 13.2.